The van der Waals surface area contributed by atoms with Crippen molar-refractivity contribution >= 4 is 29.2 Å². The van der Waals surface area contributed by atoms with E-state index >= 15 is 4.39 Å². The first kappa shape index (κ1) is 23.0. The minimum Gasteiger partial charge on any atom is -0.465 e. The van der Waals surface area contributed by atoms with Gasteiger partial charge in [-0.15, -0.1) is 0 Å². The summed E-state index contributed by atoms with van der Waals surface area (Å²) in [6.07, 6.45) is 0.650. The number of aromatic nitrogens is 2. The molecule has 0 spiro atoms. The number of hydrogen-bond acceptors (Lipinski definition) is 4. The highest BCUT2D eigenvalue weighted by Gasteiger charge is 2.27. The number of ether oxygens (including phenoxy) is 1. The summed E-state index contributed by atoms with van der Waals surface area (Å²) >= 11 is 6.14. The number of carboxylic acid groups (broad SMARTS) is 1. The van der Waals surface area contributed by atoms with Crippen LogP contribution >= 0.6 is 11.6 Å². The second kappa shape index (κ2) is 9.36. The van der Waals surface area contributed by atoms with Crippen molar-refractivity contribution in [3.63, 3.8) is 0 Å². The summed E-state index contributed by atoms with van der Waals surface area (Å²) in [4.78, 5) is 31.2. The fourth-order valence-electron chi connectivity index (χ4n) is 3.92. The summed E-state index contributed by atoms with van der Waals surface area (Å²) in [6.45, 7) is 3.14. The Balaban J connectivity index is 1.75. The summed E-state index contributed by atoms with van der Waals surface area (Å²) in [7, 11) is 1.66. The predicted molar refractivity (Wildman–Crippen MR) is 121 cm³/mol. The van der Waals surface area contributed by atoms with Gasteiger partial charge in [-0.05, 0) is 31.2 Å². The molecule has 10 heteroatoms. The molecule has 1 aromatic carbocycles. The number of pyridine rings is 1. The van der Waals surface area contributed by atoms with Crippen molar-refractivity contribution in [3.8, 4) is 11.3 Å². The van der Waals surface area contributed by atoms with Gasteiger partial charge in [0.05, 0.1) is 30.6 Å². The highest BCUT2D eigenvalue weighted by molar-refractivity contribution is 6.30. The lowest BCUT2D eigenvalue weighted by Crippen LogP contribution is -2.45. The summed E-state index contributed by atoms with van der Waals surface area (Å²) in [6, 6.07) is 7.72. The minimum atomic E-state index is -1.00. The number of imidazole rings is 1. The molecule has 3 heterocycles. The SMILES string of the molecule is CCN(C)C(=O)c1ccc(-c2nc3cc(Cl)ccn3c2CC2CN(C(=O)O)CCO2)c(F)c1. The number of benzene rings is 1. The van der Waals surface area contributed by atoms with Crippen LogP contribution in [-0.4, -0.2) is 75.7 Å². The molecule has 8 nitrogen and oxygen atoms in total. The Morgan fingerprint density at radius 1 is 1.33 bits per heavy atom. The lowest BCUT2D eigenvalue weighted by molar-refractivity contribution is -0.0214. The maximum Gasteiger partial charge on any atom is 0.407 e. The molecule has 1 saturated heterocycles. The Labute approximate surface area is 195 Å². The van der Waals surface area contributed by atoms with E-state index in [9.17, 15) is 14.7 Å². The van der Waals surface area contributed by atoms with E-state index in [1.54, 1.807) is 41.9 Å². The molecule has 2 amide bonds. The van der Waals surface area contributed by atoms with Gasteiger partial charge in [0.15, 0.2) is 0 Å². The number of fused-ring (bicyclic) bond motifs is 1. The summed E-state index contributed by atoms with van der Waals surface area (Å²) < 4.78 is 22.8. The minimum absolute atomic E-state index is 0.203. The zero-order chi connectivity index (χ0) is 23.7. The first-order chi connectivity index (χ1) is 15.8. The van der Waals surface area contributed by atoms with Crippen LogP contribution in [0.4, 0.5) is 9.18 Å². The van der Waals surface area contributed by atoms with Crippen molar-refractivity contribution in [3.05, 3.63) is 58.6 Å². The van der Waals surface area contributed by atoms with Crippen LogP contribution in [0.2, 0.25) is 5.02 Å². The van der Waals surface area contributed by atoms with E-state index < -0.39 is 18.0 Å². The van der Waals surface area contributed by atoms with Crippen molar-refractivity contribution < 1.29 is 23.8 Å². The predicted octanol–water partition coefficient (Wildman–Crippen LogP) is 3.81. The topological polar surface area (TPSA) is 87.4 Å². The molecule has 1 aliphatic rings. The van der Waals surface area contributed by atoms with E-state index in [4.69, 9.17) is 16.3 Å². The first-order valence-corrected chi connectivity index (χ1v) is 11.0. The Bertz CT molecular complexity index is 1210. The van der Waals surface area contributed by atoms with Crippen molar-refractivity contribution in [2.75, 3.05) is 33.3 Å². The smallest absolute Gasteiger partial charge is 0.407 e. The molecule has 1 aliphatic heterocycles. The van der Waals surface area contributed by atoms with E-state index in [0.717, 1.165) is 0 Å². The Hall–Kier alpha value is -3.17. The molecule has 0 bridgehead atoms. The Morgan fingerprint density at radius 2 is 2.12 bits per heavy atom. The van der Waals surface area contributed by atoms with Crippen molar-refractivity contribution in [1.29, 1.82) is 0 Å². The van der Waals surface area contributed by atoms with Crippen LogP contribution in [0, 0.1) is 5.82 Å². The second-order valence-electron chi connectivity index (χ2n) is 7.92. The van der Waals surface area contributed by atoms with Gasteiger partial charge in [-0.1, -0.05) is 11.6 Å². The number of morpholine rings is 1. The van der Waals surface area contributed by atoms with Gasteiger partial charge < -0.3 is 24.0 Å². The molecule has 174 valence electrons. The van der Waals surface area contributed by atoms with E-state index in [1.165, 1.54) is 15.9 Å². The van der Waals surface area contributed by atoms with E-state index in [0.29, 0.717) is 41.6 Å². The van der Waals surface area contributed by atoms with Gasteiger partial charge in [0.2, 0.25) is 0 Å². The normalized spacial score (nSPS) is 16.2. The molecule has 0 radical (unpaired) electrons. The Morgan fingerprint density at radius 3 is 2.82 bits per heavy atom. The molecular formula is C23H24ClFN4O4. The third kappa shape index (κ3) is 4.65. The van der Waals surface area contributed by atoms with Crippen LogP contribution in [0.3, 0.4) is 0 Å². The monoisotopic (exact) mass is 474 g/mol. The number of halogens is 2. The number of rotatable bonds is 5. The number of carbonyl (C=O) groups excluding carboxylic acids is 1. The maximum absolute atomic E-state index is 15.2. The number of hydrogen-bond donors (Lipinski definition) is 1. The summed E-state index contributed by atoms with van der Waals surface area (Å²) in [5.41, 5.74) is 2.09. The van der Waals surface area contributed by atoms with Crippen LogP contribution in [0.5, 0.6) is 0 Å². The molecule has 33 heavy (non-hydrogen) atoms. The van der Waals surface area contributed by atoms with Gasteiger partial charge in [0, 0.05) is 55.0 Å². The molecule has 3 aromatic rings. The quantitative estimate of drug-likeness (QED) is 0.607. The molecule has 1 unspecified atom stereocenters. The van der Waals surface area contributed by atoms with Gasteiger partial charge in [-0.3, -0.25) is 4.79 Å². The van der Waals surface area contributed by atoms with Crippen LogP contribution in [-0.2, 0) is 11.2 Å². The van der Waals surface area contributed by atoms with Gasteiger partial charge in [0.1, 0.15) is 11.5 Å². The van der Waals surface area contributed by atoms with Crippen LogP contribution in [0.1, 0.15) is 23.0 Å². The molecule has 2 aromatic heterocycles. The molecule has 1 N–H and O–H groups in total. The highest BCUT2D eigenvalue weighted by atomic mass is 35.5. The van der Waals surface area contributed by atoms with Crippen molar-refractivity contribution in [2.24, 2.45) is 0 Å². The van der Waals surface area contributed by atoms with Gasteiger partial charge in [-0.25, -0.2) is 14.2 Å². The van der Waals surface area contributed by atoms with E-state index in [1.807, 2.05) is 6.92 Å². The Kier molecular flexibility index (Phi) is 6.53. The number of carbonyl (C=O) groups is 2. The second-order valence-corrected chi connectivity index (χ2v) is 8.36. The van der Waals surface area contributed by atoms with Crippen molar-refractivity contribution in [2.45, 2.75) is 19.4 Å². The standard InChI is InChI=1S/C23H24ClFN4O4/c1-3-27(2)22(30)14-4-5-17(18(25)10-14)21-19(29-7-6-15(24)11-20(29)26-21)12-16-13-28(23(31)32)8-9-33-16/h4-7,10-11,16H,3,8-9,12-13H2,1-2H3,(H,31,32). The molecule has 0 aliphatic carbocycles. The van der Waals surface area contributed by atoms with Crippen molar-refractivity contribution in [1.82, 2.24) is 19.2 Å². The van der Waals surface area contributed by atoms with E-state index in [2.05, 4.69) is 4.98 Å². The summed E-state index contributed by atoms with van der Waals surface area (Å²) in [5, 5.41) is 9.83. The highest BCUT2D eigenvalue weighted by Crippen LogP contribution is 2.30. The van der Waals surface area contributed by atoms with E-state index in [-0.39, 0.29) is 30.2 Å². The molecule has 1 atom stereocenters. The number of amides is 2. The molecular weight excluding hydrogens is 451 g/mol. The largest absolute Gasteiger partial charge is 0.465 e. The van der Waals surface area contributed by atoms with Gasteiger partial charge >= 0.3 is 6.09 Å². The lowest BCUT2D eigenvalue weighted by atomic mass is 10.0. The maximum atomic E-state index is 15.2. The fraction of sp³-hybridized carbons (Fsp3) is 0.348. The fourth-order valence-corrected chi connectivity index (χ4v) is 4.07. The molecule has 4 rings (SSSR count). The third-order valence-electron chi connectivity index (χ3n) is 5.81. The zero-order valence-corrected chi connectivity index (χ0v) is 19.0. The average molecular weight is 475 g/mol. The number of nitrogens with zero attached hydrogens (tertiary/aromatic N) is 4. The molecule has 0 saturated carbocycles. The zero-order valence-electron chi connectivity index (χ0n) is 18.3. The van der Waals surface area contributed by atoms with Crippen LogP contribution in [0.15, 0.2) is 36.5 Å². The van der Waals surface area contributed by atoms with Gasteiger partial charge in [0.25, 0.3) is 5.91 Å². The van der Waals surface area contributed by atoms with Crippen LogP contribution in [0.25, 0.3) is 16.9 Å². The lowest BCUT2D eigenvalue weighted by Gasteiger charge is -2.31. The average Bonchev–Trinajstić information content (AvgIpc) is 3.14. The summed E-state index contributed by atoms with van der Waals surface area (Å²) in [5.74, 6) is -0.841. The molecule has 1 fully saturated rings. The first-order valence-electron chi connectivity index (χ1n) is 10.6. The third-order valence-corrected chi connectivity index (χ3v) is 6.04. The van der Waals surface area contributed by atoms with Crippen LogP contribution < -0.4 is 0 Å². The van der Waals surface area contributed by atoms with Gasteiger partial charge in [-0.2, -0.15) is 0 Å².